The van der Waals surface area contributed by atoms with Crippen molar-refractivity contribution in [2.45, 2.75) is 25.9 Å². The number of halogens is 2. The molecule has 2 aromatic carbocycles. The number of nitrogens with zero attached hydrogens (tertiary/aromatic N) is 3. The molecule has 1 aliphatic carbocycles. The van der Waals surface area contributed by atoms with Crippen LogP contribution in [0.3, 0.4) is 0 Å². The van der Waals surface area contributed by atoms with Crippen LogP contribution in [0.15, 0.2) is 36.4 Å². The van der Waals surface area contributed by atoms with E-state index < -0.39 is 0 Å². The van der Waals surface area contributed by atoms with Gasteiger partial charge in [0.25, 0.3) is 5.91 Å². The van der Waals surface area contributed by atoms with E-state index >= 15 is 0 Å². The lowest BCUT2D eigenvalue weighted by Crippen LogP contribution is -2.63. The second kappa shape index (κ2) is 7.80. The molecule has 5 rings (SSSR count). The van der Waals surface area contributed by atoms with Gasteiger partial charge in [0.2, 0.25) is 0 Å². The molecule has 1 N–H and O–H groups in total. The molecule has 0 radical (unpaired) electrons. The summed E-state index contributed by atoms with van der Waals surface area (Å²) in [5.74, 6) is 0.0990. The van der Waals surface area contributed by atoms with E-state index in [0.717, 1.165) is 37.0 Å². The number of aromatic amines is 1. The number of hydrogen-bond donors (Lipinski definition) is 1. The van der Waals surface area contributed by atoms with Gasteiger partial charge in [0.1, 0.15) is 17.6 Å². The van der Waals surface area contributed by atoms with Crippen molar-refractivity contribution < 1.29 is 14.3 Å². The maximum atomic E-state index is 12.7. The third-order valence-corrected chi connectivity index (χ3v) is 6.56. The molecule has 1 saturated heterocycles. The topological polar surface area (TPSA) is 88.2 Å². The number of carbonyl (C=O) groups is 2. The molecule has 2 fully saturated rings. The molecule has 2 aliphatic rings. The van der Waals surface area contributed by atoms with Crippen molar-refractivity contribution in [3.63, 3.8) is 0 Å². The zero-order valence-corrected chi connectivity index (χ0v) is 18.1. The fraction of sp³-hybridized carbons (Fsp3) is 0.364. The highest BCUT2D eigenvalue weighted by atomic mass is 35.5. The predicted molar refractivity (Wildman–Crippen MR) is 116 cm³/mol. The fourth-order valence-electron chi connectivity index (χ4n) is 4.78. The number of amides is 1. The largest absolute Gasteiger partial charge is 0.461 e. The van der Waals surface area contributed by atoms with E-state index in [9.17, 15) is 9.59 Å². The molecule has 3 aromatic rings. The van der Waals surface area contributed by atoms with E-state index in [0.29, 0.717) is 33.5 Å². The van der Waals surface area contributed by atoms with E-state index in [1.165, 1.54) is 0 Å². The fourth-order valence-corrected chi connectivity index (χ4v) is 5.35. The standard InChI is InChI=1S/C22H20Cl2N4O3/c23-16-3-13(4-17(24)7-16)10-31-20(29)5-14-8-22(9-14)11-28(12-22)21(30)15-1-2-18-19(6-15)26-27-25-18/h1-4,6-7,14H,5,8-12H2,(H,25,26,27). The van der Waals surface area contributed by atoms with Crippen molar-refractivity contribution in [1.82, 2.24) is 20.3 Å². The van der Waals surface area contributed by atoms with E-state index in [-0.39, 0.29) is 23.9 Å². The molecule has 0 bridgehead atoms. The molecule has 7 nitrogen and oxygen atoms in total. The minimum Gasteiger partial charge on any atom is -0.461 e. The van der Waals surface area contributed by atoms with Gasteiger partial charge < -0.3 is 9.64 Å². The Morgan fingerprint density at radius 3 is 2.52 bits per heavy atom. The van der Waals surface area contributed by atoms with Gasteiger partial charge in [-0.25, -0.2) is 0 Å². The number of ether oxygens (including phenoxy) is 1. The molecule has 1 spiro atoms. The molecule has 1 saturated carbocycles. The molecule has 160 valence electrons. The second-order valence-electron chi connectivity index (χ2n) is 8.61. The third kappa shape index (κ3) is 4.12. The van der Waals surface area contributed by atoms with Crippen molar-refractivity contribution in [3.8, 4) is 0 Å². The molecular weight excluding hydrogens is 439 g/mol. The molecule has 1 amide bonds. The Labute approximate surface area is 188 Å². The Morgan fingerprint density at radius 1 is 1.06 bits per heavy atom. The first kappa shape index (κ1) is 20.3. The van der Waals surface area contributed by atoms with Gasteiger partial charge in [0.05, 0.1) is 0 Å². The van der Waals surface area contributed by atoms with Crippen LogP contribution in [0.2, 0.25) is 10.0 Å². The number of esters is 1. The van der Waals surface area contributed by atoms with E-state index in [1.54, 1.807) is 36.4 Å². The van der Waals surface area contributed by atoms with Crippen LogP contribution in [-0.4, -0.2) is 45.3 Å². The molecule has 31 heavy (non-hydrogen) atoms. The number of likely N-dealkylation sites (tertiary alicyclic amines) is 1. The Balaban J connectivity index is 1.07. The number of H-pyrrole nitrogens is 1. The van der Waals surface area contributed by atoms with Crippen LogP contribution >= 0.6 is 23.2 Å². The van der Waals surface area contributed by atoms with Crippen LogP contribution in [0.4, 0.5) is 0 Å². The van der Waals surface area contributed by atoms with E-state index in [1.807, 2.05) is 4.90 Å². The summed E-state index contributed by atoms with van der Waals surface area (Å²) in [4.78, 5) is 26.8. The molecule has 1 aromatic heterocycles. The summed E-state index contributed by atoms with van der Waals surface area (Å²) in [6.07, 6.45) is 2.28. The van der Waals surface area contributed by atoms with Gasteiger partial charge in [-0.3, -0.25) is 9.59 Å². The number of benzene rings is 2. The number of carbonyl (C=O) groups excluding carboxylic acids is 2. The van der Waals surface area contributed by atoms with Crippen LogP contribution < -0.4 is 0 Å². The third-order valence-electron chi connectivity index (χ3n) is 6.12. The van der Waals surface area contributed by atoms with Crippen molar-refractivity contribution in [1.29, 1.82) is 0 Å². The summed E-state index contributed by atoms with van der Waals surface area (Å²) in [5.41, 5.74) is 2.97. The molecule has 0 atom stereocenters. The van der Waals surface area contributed by atoms with Crippen molar-refractivity contribution >= 4 is 46.1 Å². The first-order chi connectivity index (χ1) is 14.9. The van der Waals surface area contributed by atoms with Crippen LogP contribution in [0.5, 0.6) is 0 Å². The normalized spacial score (nSPS) is 17.4. The van der Waals surface area contributed by atoms with Gasteiger partial charge in [-0.05, 0) is 60.7 Å². The van der Waals surface area contributed by atoms with Crippen LogP contribution in [-0.2, 0) is 16.1 Å². The summed E-state index contributed by atoms with van der Waals surface area (Å²) in [5, 5.41) is 11.6. The number of aromatic nitrogens is 3. The van der Waals surface area contributed by atoms with Crippen LogP contribution in [0.1, 0.15) is 35.2 Å². The van der Waals surface area contributed by atoms with E-state index in [2.05, 4.69) is 15.4 Å². The highest BCUT2D eigenvalue weighted by molar-refractivity contribution is 6.34. The molecular formula is C22H20Cl2N4O3. The van der Waals surface area contributed by atoms with Crippen LogP contribution in [0.25, 0.3) is 11.0 Å². The molecule has 9 heteroatoms. The average Bonchev–Trinajstić information content (AvgIpc) is 3.13. The molecule has 2 heterocycles. The maximum Gasteiger partial charge on any atom is 0.306 e. The lowest BCUT2D eigenvalue weighted by atomic mass is 9.57. The van der Waals surface area contributed by atoms with Gasteiger partial charge in [-0.2, -0.15) is 15.4 Å². The highest BCUT2D eigenvalue weighted by Gasteiger charge is 2.53. The quantitative estimate of drug-likeness (QED) is 0.577. The first-order valence-electron chi connectivity index (χ1n) is 10.1. The smallest absolute Gasteiger partial charge is 0.306 e. The highest BCUT2D eigenvalue weighted by Crippen LogP contribution is 2.53. The molecule has 0 unspecified atom stereocenters. The van der Waals surface area contributed by atoms with Gasteiger partial charge in [-0.1, -0.05) is 23.2 Å². The van der Waals surface area contributed by atoms with Crippen molar-refractivity contribution in [3.05, 3.63) is 57.6 Å². The molecule has 1 aliphatic heterocycles. The lowest BCUT2D eigenvalue weighted by Gasteiger charge is -2.59. The van der Waals surface area contributed by atoms with Crippen LogP contribution in [0, 0.1) is 11.3 Å². The Morgan fingerprint density at radius 2 is 1.77 bits per heavy atom. The van der Waals surface area contributed by atoms with E-state index in [4.69, 9.17) is 27.9 Å². The zero-order valence-electron chi connectivity index (χ0n) is 16.6. The SMILES string of the molecule is O=C(CC1CC2(C1)CN(C(=O)c1ccc3n[nH]nc3c1)C2)OCc1cc(Cl)cc(Cl)c1. The maximum absolute atomic E-state index is 12.7. The summed E-state index contributed by atoms with van der Waals surface area (Å²) in [6.45, 7) is 1.62. The summed E-state index contributed by atoms with van der Waals surface area (Å²) >= 11 is 11.9. The first-order valence-corrected chi connectivity index (χ1v) is 10.9. The number of fused-ring (bicyclic) bond motifs is 1. The summed E-state index contributed by atoms with van der Waals surface area (Å²) in [7, 11) is 0. The van der Waals surface area contributed by atoms with Gasteiger partial charge in [0.15, 0.2) is 0 Å². The number of hydrogen-bond acceptors (Lipinski definition) is 5. The summed E-state index contributed by atoms with van der Waals surface area (Å²) < 4.78 is 5.38. The Hall–Kier alpha value is -2.64. The Bertz CT molecular complexity index is 1140. The zero-order chi connectivity index (χ0) is 21.6. The number of nitrogens with one attached hydrogen (secondary N) is 1. The number of rotatable bonds is 5. The second-order valence-corrected chi connectivity index (χ2v) is 9.48. The minimum atomic E-state index is -0.218. The minimum absolute atomic E-state index is 0.0126. The monoisotopic (exact) mass is 458 g/mol. The van der Waals surface area contributed by atoms with Gasteiger partial charge in [-0.15, -0.1) is 0 Å². The van der Waals surface area contributed by atoms with Gasteiger partial charge >= 0.3 is 5.97 Å². The average molecular weight is 459 g/mol. The predicted octanol–water partition coefficient (Wildman–Crippen LogP) is 4.25. The van der Waals surface area contributed by atoms with Crippen molar-refractivity contribution in [2.24, 2.45) is 11.3 Å². The van der Waals surface area contributed by atoms with Gasteiger partial charge in [0, 0.05) is 40.5 Å². The Kier molecular flexibility index (Phi) is 5.10. The lowest BCUT2D eigenvalue weighted by molar-refractivity contribution is -0.150. The summed E-state index contributed by atoms with van der Waals surface area (Å²) in [6, 6.07) is 10.5. The van der Waals surface area contributed by atoms with Crippen molar-refractivity contribution in [2.75, 3.05) is 13.1 Å².